The fraction of sp³-hybridized carbons (Fsp3) is 0.500. The van der Waals surface area contributed by atoms with Crippen LogP contribution in [-0.2, 0) is 12.8 Å². The SMILES string of the molecule is Clc1ccc2c(c1)CCc1cccnc1C2=C1CCN(CC2CCCCC2)CC1. The highest BCUT2D eigenvalue weighted by Crippen LogP contribution is 2.38. The second-order valence-electron chi connectivity index (χ2n) is 9.10. The van der Waals surface area contributed by atoms with Crippen LogP contribution in [0.2, 0.25) is 5.02 Å². The molecule has 1 aromatic heterocycles. The molecule has 0 unspecified atom stereocenters. The van der Waals surface area contributed by atoms with E-state index in [-0.39, 0.29) is 0 Å². The molecule has 3 heteroatoms. The Bertz CT molecular complexity index is 901. The Morgan fingerprint density at radius 3 is 2.55 bits per heavy atom. The van der Waals surface area contributed by atoms with Crippen LogP contribution in [-0.4, -0.2) is 29.5 Å². The monoisotopic (exact) mass is 406 g/mol. The molecule has 1 saturated heterocycles. The van der Waals surface area contributed by atoms with Gasteiger partial charge in [0.1, 0.15) is 0 Å². The maximum absolute atomic E-state index is 6.35. The zero-order valence-corrected chi connectivity index (χ0v) is 18.1. The molecular formula is C26H31ClN2. The predicted molar refractivity (Wildman–Crippen MR) is 121 cm³/mol. The smallest absolute Gasteiger partial charge is 0.0739 e. The Morgan fingerprint density at radius 2 is 1.72 bits per heavy atom. The van der Waals surface area contributed by atoms with E-state index in [9.17, 15) is 0 Å². The van der Waals surface area contributed by atoms with Crippen LogP contribution < -0.4 is 0 Å². The number of aryl methyl sites for hydroxylation is 2. The number of nitrogens with zero attached hydrogens (tertiary/aromatic N) is 2. The van der Waals surface area contributed by atoms with Gasteiger partial charge in [-0.2, -0.15) is 0 Å². The summed E-state index contributed by atoms with van der Waals surface area (Å²) in [6.45, 7) is 3.70. The number of hydrogen-bond acceptors (Lipinski definition) is 2. The third-order valence-corrected chi connectivity index (χ3v) is 7.42. The van der Waals surface area contributed by atoms with Crippen molar-refractivity contribution in [1.82, 2.24) is 9.88 Å². The van der Waals surface area contributed by atoms with Crippen LogP contribution >= 0.6 is 11.6 Å². The number of piperidine rings is 1. The average Bonchev–Trinajstić information content (AvgIpc) is 2.92. The highest BCUT2D eigenvalue weighted by Gasteiger charge is 2.26. The number of pyridine rings is 1. The fourth-order valence-corrected chi connectivity index (χ4v) is 5.82. The molecule has 0 spiro atoms. The first-order valence-corrected chi connectivity index (χ1v) is 11.8. The van der Waals surface area contributed by atoms with Crippen LogP contribution in [0.5, 0.6) is 0 Å². The Kier molecular flexibility index (Phi) is 5.74. The van der Waals surface area contributed by atoms with Gasteiger partial charge < -0.3 is 4.90 Å². The van der Waals surface area contributed by atoms with Crippen molar-refractivity contribution in [2.75, 3.05) is 19.6 Å². The van der Waals surface area contributed by atoms with E-state index in [0.717, 1.165) is 23.8 Å². The molecule has 0 amide bonds. The van der Waals surface area contributed by atoms with Gasteiger partial charge in [0, 0.05) is 36.4 Å². The highest BCUT2D eigenvalue weighted by molar-refractivity contribution is 6.30. The van der Waals surface area contributed by atoms with Crippen molar-refractivity contribution in [2.45, 2.75) is 57.8 Å². The van der Waals surface area contributed by atoms with E-state index in [1.54, 1.807) is 5.57 Å². The van der Waals surface area contributed by atoms with Crippen LogP contribution in [0.3, 0.4) is 0 Å². The summed E-state index contributed by atoms with van der Waals surface area (Å²) in [5.41, 5.74) is 8.33. The number of benzene rings is 1. The van der Waals surface area contributed by atoms with Gasteiger partial charge in [-0.3, -0.25) is 4.98 Å². The summed E-state index contributed by atoms with van der Waals surface area (Å²) >= 11 is 6.35. The number of hydrogen-bond donors (Lipinski definition) is 0. The van der Waals surface area contributed by atoms with Gasteiger partial charge in [0.15, 0.2) is 0 Å². The zero-order valence-electron chi connectivity index (χ0n) is 17.3. The molecule has 0 N–H and O–H groups in total. The van der Waals surface area contributed by atoms with Gasteiger partial charge in [0.2, 0.25) is 0 Å². The summed E-state index contributed by atoms with van der Waals surface area (Å²) in [5.74, 6) is 0.932. The zero-order chi connectivity index (χ0) is 19.6. The molecule has 1 aliphatic heterocycles. The maximum Gasteiger partial charge on any atom is 0.0739 e. The first-order valence-electron chi connectivity index (χ1n) is 11.5. The van der Waals surface area contributed by atoms with E-state index in [0.29, 0.717) is 0 Å². The molecule has 0 radical (unpaired) electrons. The lowest BCUT2D eigenvalue weighted by Crippen LogP contribution is -2.35. The molecular weight excluding hydrogens is 376 g/mol. The van der Waals surface area contributed by atoms with Gasteiger partial charge in [0.05, 0.1) is 5.69 Å². The van der Waals surface area contributed by atoms with Crippen LogP contribution in [0.1, 0.15) is 67.3 Å². The molecule has 152 valence electrons. The summed E-state index contributed by atoms with van der Waals surface area (Å²) in [4.78, 5) is 7.59. The Balaban J connectivity index is 1.44. The van der Waals surface area contributed by atoms with E-state index >= 15 is 0 Å². The summed E-state index contributed by atoms with van der Waals surface area (Å²) < 4.78 is 0. The fourth-order valence-electron chi connectivity index (χ4n) is 5.62. The topological polar surface area (TPSA) is 16.1 Å². The van der Waals surface area contributed by atoms with Crippen molar-refractivity contribution in [3.63, 3.8) is 0 Å². The second kappa shape index (κ2) is 8.62. The minimum Gasteiger partial charge on any atom is -0.302 e. The average molecular weight is 407 g/mol. The molecule has 0 atom stereocenters. The Morgan fingerprint density at radius 1 is 0.931 bits per heavy atom. The van der Waals surface area contributed by atoms with E-state index < -0.39 is 0 Å². The molecule has 5 rings (SSSR count). The lowest BCUT2D eigenvalue weighted by molar-refractivity contribution is 0.190. The van der Waals surface area contributed by atoms with Gasteiger partial charge >= 0.3 is 0 Å². The summed E-state index contributed by atoms with van der Waals surface area (Å²) in [7, 11) is 0. The molecule has 1 saturated carbocycles. The Hall–Kier alpha value is -1.64. The largest absolute Gasteiger partial charge is 0.302 e. The van der Waals surface area contributed by atoms with Crippen molar-refractivity contribution < 1.29 is 0 Å². The van der Waals surface area contributed by atoms with Gasteiger partial charge in [-0.25, -0.2) is 0 Å². The van der Waals surface area contributed by atoms with Gasteiger partial charge in [-0.1, -0.05) is 48.6 Å². The quantitative estimate of drug-likeness (QED) is 0.580. The lowest BCUT2D eigenvalue weighted by atomic mass is 9.86. The van der Waals surface area contributed by atoms with Gasteiger partial charge in [0.25, 0.3) is 0 Å². The highest BCUT2D eigenvalue weighted by atomic mass is 35.5. The third kappa shape index (κ3) is 4.15. The predicted octanol–water partition coefficient (Wildman–Crippen LogP) is 6.31. The van der Waals surface area contributed by atoms with E-state index in [1.807, 2.05) is 12.3 Å². The molecule has 0 bridgehead atoms. The maximum atomic E-state index is 6.35. The minimum atomic E-state index is 0.842. The first kappa shape index (κ1) is 19.3. The van der Waals surface area contributed by atoms with Crippen molar-refractivity contribution in [3.05, 3.63) is 69.5 Å². The molecule has 2 aliphatic carbocycles. The van der Waals surface area contributed by atoms with Crippen LogP contribution in [0, 0.1) is 5.92 Å². The van der Waals surface area contributed by atoms with Crippen LogP contribution in [0.25, 0.3) is 5.57 Å². The number of likely N-dealkylation sites (tertiary alicyclic amines) is 1. The number of aromatic nitrogens is 1. The van der Waals surface area contributed by atoms with Crippen molar-refractivity contribution in [2.24, 2.45) is 5.92 Å². The first-order chi connectivity index (χ1) is 14.3. The number of fused-ring (bicyclic) bond motifs is 2. The summed E-state index contributed by atoms with van der Waals surface area (Å²) in [5, 5.41) is 0.842. The summed E-state index contributed by atoms with van der Waals surface area (Å²) in [6, 6.07) is 10.8. The van der Waals surface area contributed by atoms with Crippen LogP contribution in [0.4, 0.5) is 0 Å². The molecule has 29 heavy (non-hydrogen) atoms. The van der Waals surface area contributed by atoms with Crippen molar-refractivity contribution in [1.29, 1.82) is 0 Å². The Labute approximate surface area is 180 Å². The lowest BCUT2D eigenvalue weighted by Gasteiger charge is -2.34. The van der Waals surface area contributed by atoms with Crippen molar-refractivity contribution >= 4 is 17.2 Å². The van der Waals surface area contributed by atoms with Gasteiger partial charge in [-0.05, 0) is 79.3 Å². The van der Waals surface area contributed by atoms with E-state index in [4.69, 9.17) is 16.6 Å². The number of halogens is 1. The third-order valence-electron chi connectivity index (χ3n) is 7.18. The second-order valence-corrected chi connectivity index (χ2v) is 9.53. The number of rotatable bonds is 2. The molecule has 2 heterocycles. The van der Waals surface area contributed by atoms with Crippen molar-refractivity contribution in [3.8, 4) is 0 Å². The minimum absolute atomic E-state index is 0.842. The van der Waals surface area contributed by atoms with Crippen LogP contribution in [0.15, 0.2) is 42.1 Å². The molecule has 2 aromatic rings. The molecule has 1 aromatic carbocycles. The standard InChI is InChI=1S/C26H31ClN2/c27-23-10-11-24-22(17-23)9-8-21-7-4-14-28-26(21)25(24)20-12-15-29(16-13-20)18-19-5-2-1-3-6-19/h4,7,10-11,14,17,19H,1-3,5-6,8-9,12-13,15-16,18H2. The molecule has 2 fully saturated rings. The molecule has 3 aliphatic rings. The summed E-state index contributed by atoms with van der Waals surface area (Å²) in [6.07, 6.45) is 13.6. The van der Waals surface area contributed by atoms with E-state index in [1.165, 1.54) is 92.5 Å². The normalized spacial score (nSPS) is 20.9. The molecule has 2 nitrogen and oxygen atoms in total. The van der Waals surface area contributed by atoms with Gasteiger partial charge in [-0.15, -0.1) is 0 Å². The van der Waals surface area contributed by atoms with E-state index in [2.05, 4.69) is 29.2 Å².